The molecule has 3 heterocycles. The molecule has 0 unspecified atom stereocenters. The minimum Gasteiger partial charge on any atom is -0.454 e. The van der Waals surface area contributed by atoms with Gasteiger partial charge in [0.25, 0.3) is 0 Å². The van der Waals surface area contributed by atoms with Crippen LogP contribution >= 0.6 is 0 Å². The summed E-state index contributed by atoms with van der Waals surface area (Å²) < 4.78 is 10.6. The van der Waals surface area contributed by atoms with Crippen molar-refractivity contribution in [1.82, 2.24) is 14.9 Å². The molecule has 8 heteroatoms. The molecule has 0 fully saturated rings. The highest BCUT2D eigenvalue weighted by atomic mass is 16.7. The van der Waals surface area contributed by atoms with E-state index in [1.54, 1.807) is 29.3 Å². The van der Waals surface area contributed by atoms with Gasteiger partial charge in [-0.05, 0) is 24.1 Å². The predicted octanol–water partition coefficient (Wildman–Crippen LogP) is 1.38. The topological polar surface area (TPSA) is 103 Å². The van der Waals surface area contributed by atoms with Gasteiger partial charge in [-0.25, -0.2) is 14.8 Å². The van der Waals surface area contributed by atoms with Crippen molar-refractivity contribution in [2.24, 2.45) is 0 Å². The van der Waals surface area contributed by atoms with E-state index in [9.17, 15) is 4.79 Å². The number of urea groups is 1. The second-order valence-corrected chi connectivity index (χ2v) is 5.37. The summed E-state index contributed by atoms with van der Waals surface area (Å²) in [5.74, 6) is 1.54. The highest BCUT2D eigenvalue weighted by Crippen LogP contribution is 2.34. The van der Waals surface area contributed by atoms with Crippen LogP contribution in [0.2, 0.25) is 0 Å². The lowest BCUT2D eigenvalue weighted by molar-refractivity contribution is 0.174. The van der Waals surface area contributed by atoms with Crippen LogP contribution in [0.4, 0.5) is 16.4 Å². The fraction of sp³-hybridized carbons (Fsp3) is 0.267. The first kappa shape index (κ1) is 13.6. The molecule has 0 saturated carbocycles. The molecule has 0 aliphatic carbocycles. The molecule has 0 bridgehead atoms. The maximum atomic E-state index is 12.4. The zero-order chi connectivity index (χ0) is 15.8. The molecule has 2 aliphatic rings. The summed E-state index contributed by atoms with van der Waals surface area (Å²) in [5.41, 5.74) is 8.10. The van der Waals surface area contributed by atoms with Crippen LogP contribution in [0.5, 0.6) is 11.5 Å². The third-order valence-electron chi connectivity index (χ3n) is 3.88. The summed E-state index contributed by atoms with van der Waals surface area (Å²) in [4.78, 5) is 22.3. The third-order valence-corrected chi connectivity index (χ3v) is 3.88. The van der Waals surface area contributed by atoms with E-state index in [-0.39, 0.29) is 18.8 Å². The standard InChI is InChI=1S/C15H15N5O3/c16-14-17-6-9-3-4-20(7-11(9)19-14)15(21)18-10-1-2-12-13(5-10)23-8-22-12/h1-2,5-6H,3-4,7-8H2,(H,18,21)(H2,16,17,19). The van der Waals surface area contributed by atoms with Crippen molar-refractivity contribution in [2.75, 3.05) is 24.4 Å². The maximum absolute atomic E-state index is 12.4. The van der Waals surface area contributed by atoms with Gasteiger partial charge in [0.1, 0.15) is 0 Å². The lowest BCUT2D eigenvalue weighted by Crippen LogP contribution is -2.39. The number of anilines is 2. The number of carbonyl (C=O) groups is 1. The molecule has 118 valence electrons. The summed E-state index contributed by atoms with van der Waals surface area (Å²) in [6.45, 7) is 1.23. The van der Waals surface area contributed by atoms with Gasteiger partial charge in [-0.3, -0.25) is 0 Å². The number of nitrogens with two attached hydrogens (primary N) is 1. The zero-order valence-electron chi connectivity index (χ0n) is 12.3. The SMILES string of the molecule is Nc1ncc2c(n1)CN(C(=O)Nc1ccc3c(c1)OCO3)CC2. The normalized spacial score (nSPS) is 15.2. The van der Waals surface area contributed by atoms with Crippen LogP contribution in [0, 0.1) is 0 Å². The fourth-order valence-corrected chi connectivity index (χ4v) is 2.67. The molecular formula is C15H15N5O3. The van der Waals surface area contributed by atoms with Crippen molar-refractivity contribution in [3.05, 3.63) is 35.7 Å². The predicted molar refractivity (Wildman–Crippen MR) is 82.1 cm³/mol. The van der Waals surface area contributed by atoms with Crippen LogP contribution in [-0.2, 0) is 13.0 Å². The Morgan fingerprint density at radius 2 is 2.17 bits per heavy atom. The van der Waals surface area contributed by atoms with Gasteiger partial charge in [0.2, 0.25) is 12.7 Å². The summed E-state index contributed by atoms with van der Waals surface area (Å²) in [7, 11) is 0. The number of hydrogen-bond donors (Lipinski definition) is 2. The Hall–Kier alpha value is -3.03. The first-order valence-electron chi connectivity index (χ1n) is 7.25. The molecule has 1 aromatic heterocycles. The Morgan fingerprint density at radius 3 is 3.09 bits per heavy atom. The van der Waals surface area contributed by atoms with Crippen molar-refractivity contribution in [1.29, 1.82) is 0 Å². The van der Waals surface area contributed by atoms with Gasteiger partial charge in [0, 0.05) is 24.5 Å². The van der Waals surface area contributed by atoms with Gasteiger partial charge in [-0.2, -0.15) is 0 Å². The minimum absolute atomic E-state index is 0.188. The van der Waals surface area contributed by atoms with E-state index >= 15 is 0 Å². The molecule has 3 N–H and O–H groups in total. The summed E-state index contributed by atoms with van der Waals surface area (Å²) in [6.07, 6.45) is 2.44. The molecule has 0 saturated heterocycles. The lowest BCUT2D eigenvalue weighted by Gasteiger charge is -2.28. The third kappa shape index (κ3) is 2.59. The Morgan fingerprint density at radius 1 is 1.30 bits per heavy atom. The number of amides is 2. The van der Waals surface area contributed by atoms with E-state index in [1.807, 2.05) is 0 Å². The number of hydrogen-bond acceptors (Lipinski definition) is 6. The van der Waals surface area contributed by atoms with Gasteiger partial charge in [-0.1, -0.05) is 0 Å². The molecule has 8 nitrogen and oxygen atoms in total. The molecule has 4 rings (SSSR count). The van der Waals surface area contributed by atoms with Gasteiger partial charge in [0.15, 0.2) is 11.5 Å². The van der Waals surface area contributed by atoms with E-state index in [0.29, 0.717) is 36.7 Å². The van der Waals surface area contributed by atoms with Gasteiger partial charge in [0.05, 0.1) is 12.2 Å². The molecule has 0 spiro atoms. The van der Waals surface area contributed by atoms with E-state index in [4.69, 9.17) is 15.2 Å². The zero-order valence-corrected chi connectivity index (χ0v) is 12.3. The maximum Gasteiger partial charge on any atom is 0.322 e. The quantitative estimate of drug-likeness (QED) is 0.824. The van der Waals surface area contributed by atoms with E-state index in [0.717, 1.165) is 11.3 Å². The van der Waals surface area contributed by atoms with E-state index < -0.39 is 0 Å². The number of fused-ring (bicyclic) bond motifs is 2. The summed E-state index contributed by atoms with van der Waals surface area (Å²) in [5, 5.41) is 2.86. The van der Waals surface area contributed by atoms with Crippen LogP contribution in [0.15, 0.2) is 24.4 Å². The van der Waals surface area contributed by atoms with Gasteiger partial charge >= 0.3 is 6.03 Å². The second-order valence-electron chi connectivity index (χ2n) is 5.37. The lowest BCUT2D eigenvalue weighted by atomic mass is 10.1. The molecular weight excluding hydrogens is 298 g/mol. The Kier molecular flexibility index (Phi) is 3.14. The van der Waals surface area contributed by atoms with E-state index in [2.05, 4.69) is 15.3 Å². The highest BCUT2D eigenvalue weighted by molar-refractivity contribution is 5.89. The van der Waals surface area contributed by atoms with Crippen LogP contribution < -0.4 is 20.5 Å². The first-order chi connectivity index (χ1) is 11.2. The van der Waals surface area contributed by atoms with Gasteiger partial charge < -0.3 is 25.4 Å². The van der Waals surface area contributed by atoms with Crippen molar-refractivity contribution in [3.8, 4) is 11.5 Å². The summed E-state index contributed by atoms with van der Waals surface area (Å²) in [6, 6.07) is 5.12. The number of nitrogen functional groups attached to an aromatic ring is 1. The largest absolute Gasteiger partial charge is 0.454 e. The molecule has 2 aromatic rings. The minimum atomic E-state index is -0.188. The smallest absolute Gasteiger partial charge is 0.322 e. The van der Waals surface area contributed by atoms with Gasteiger partial charge in [-0.15, -0.1) is 0 Å². The Labute approximate surface area is 132 Å². The van der Waals surface area contributed by atoms with Crippen LogP contribution in [0.3, 0.4) is 0 Å². The van der Waals surface area contributed by atoms with Crippen LogP contribution in [0.1, 0.15) is 11.3 Å². The number of carbonyl (C=O) groups excluding carboxylic acids is 1. The summed E-state index contributed by atoms with van der Waals surface area (Å²) >= 11 is 0. The molecule has 2 amide bonds. The number of nitrogens with one attached hydrogen (secondary N) is 1. The van der Waals surface area contributed by atoms with Crippen molar-refractivity contribution in [2.45, 2.75) is 13.0 Å². The average molecular weight is 313 g/mol. The average Bonchev–Trinajstić information content (AvgIpc) is 3.01. The van der Waals surface area contributed by atoms with Crippen molar-refractivity contribution >= 4 is 17.7 Å². The van der Waals surface area contributed by atoms with Crippen LogP contribution in [-0.4, -0.2) is 34.2 Å². The number of rotatable bonds is 1. The number of ether oxygens (including phenoxy) is 2. The van der Waals surface area contributed by atoms with Crippen molar-refractivity contribution < 1.29 is 14.3 Å². The van der Waals surface area contributed by atoms with E-state index in [1.165, 1.54) is 0 Å². The molecule has 23 heavy (non-hydrogen) atoms. The second kappa shape index (κ2) is 5.31. The number of nitrogens with zero attached hydrogens (tertiary/aromatic N) is 3. The molecule has 1 aromatic carbocycles. The number of aromatic nitrogens is 2. The fourth-order valence-electron chi connectivity index (χ4n) is 2.67. The Bertz CT molecular complexity index is 780. The first-order valence-corrected chi connectivity index (χ1v) is 7.25. The monoisotopic (exact) mass is 313 g/mol. The molecule has 2 aliphatic heterocycles. The molecule has 0 radical (unpaired) electrons. The van der Waals surface area contributed by atoms with Crippen LogP contribution in [0.25, 0.3) is 0 Å². The number of benzene rings is 1. The highest BCUT2D eigenvalue weighted by Gasteiger charge is 2.23. The molecule has 0 atom stereocenters. The van der Waals surface area contributed by atoms with Crippen molar-refractivity contribution in [3.63, 3.8) is 0 Å². The Balaban J connectivity index is 1.47.